The highest BCUT2D eigenvalue weighted by Crippen LogP contribution is 2.12. The molecular weight excluding hydrogens is 384 g/mol. The van der Waals surface area contributed by atoms with Gasteiger partial charge in [0.05, 0.1) is 19.0 Å². The maximum absolute atomic E-state index is 9.27. The maximum Gasteiger partial charge on any atom is 0.167 e. The Balaban J connectivity index is 3.75. The lowest BCUT2D eigenvalue weighted by molar-refractivity contribution is -0.786. The smallest absolute Gasteiger partial charge is 0.167 e. The van der Waals surface area contributed by atoms with Crippen LogP contribution in [0.15, 0.2) is 50.0 Å². The molecule has 0 saturated heterocycles. The van der Waals surface area contributed by atoms with Gasteiger partial charge in [0.1, 0.15) is 38.4 Å². The molecule has 0 bridgehead atoms. The van der Waals surface area contributed by atoms with Crippen LogP contribution in [-0.2, 0) is 53.9 Å². The Bertz CT molecular complexity index is 439. The summed E-state index contributed by atoms with van der Waals surface area (Å²) in [5.41, 5.74) is 0. The molecule has 0 heterocycles. The van der Waals surface area contributed by atoms with E-state index in [9.17, 15) is 5.11 Å². The van der Waals surface area contributed by atoms with E-state index in [0.29, 0.717) is 6.61 Å². The zero-order valence-corrected chi connectivity index (χ0v) is 15.7. The van der Waals surface area contributed by atoms with Crippen molar-refractivity contribution in [2.45, 2.75) is 26.1 Å². The summed E-state index contributed by atoms with van der Waals surface area (Å²) in [6, 6.07) is 0. The molecule has 0 aliphatic carbocycles. The highest BCUT2D eigenvalue weighted by molar-refractivity contribution is 5.05. The molecule has 1 N–H and O–H groups in total. The average Bonchev–Trinajstić information content (AvgIpc) is 2.71. The van der Waals surface area contributed by atoms with Gasteiger partial charge in [-0.2, -0.15) is 0 Å². The number of ether oxygens (including phenoxy) is 4. The summed E-state index contributed by atoms with van der Waals surface area (Å²) >= 11 is 0. The number of rotatable bonds is 20. The first-order valence-electron chi connectivity index (χ1n) is 8.05. The summed E-state index contributed by atoms with van der Waals surface area (Å²) < 4.78 is 20.7. The van der Waals surface area contributed by atoms with Crippen LogP contribution in [0.25, 0.3) is 0 Å². The Morgan fingerprint density at radius 2 is 1.75 bits per heavy atom. The molecule has 12 nitrogen and oxygen atoms in total. The van der Waals surface area contributed by atoms with Crippen molar-refractivity contribution in [2.75, 3.05) is 26.4 Å². The Kier molecular flexibility index (Phi) is 17.8. The summed E-state index contributed by atoms with van der Waals surface area (Å²) in [5.74, 6) is 0.107. The van der Waals surface area contributed by atoms with Crippen LogP contribution in [0.3, 0.4) is 0 Å². The van der Waals surface area contributed by atoms with E-state index in [2.05, 4.69) is 48.1 Å². The van der Waals surface area contributed by atoms with Crippen LogP contribution in [0.4, 0.5) is 0 Å². The molecule has 0 aliphatic heterocycles. The van der Waals surface area contributed by atoms with Crippen LogP contribution >= 0.6 is 0 Å². The fourth-order valence-corrected chi connectivity index (χ4v) is 1.40. The minimum absolute atomic E-state index is 0.0241. The molecule has 12 heteroatoms. The number of hydrogen-bond donors (Lipinski definition) is 1. The molecule has 0 aliphatic rings. The summed E-state index contributed by atoms with van der Waals surface area (Å²) in [6.07, 6.45) is 4.76. The van der Waals surface area contributed by atoms with Gasteiger partial charge >= 0.3 is 0 Å². The summed E-state index contributed by atoms with van der Waals surface area (Å²) in [7, 11) is 0. The number of aliphatic hydroxyl groups is 1. The second kappa shape index (κ2) is 19.4. The van der Waals surface area contributed by atoms with Crippen molar-refractivity contribution >= 4 is 0 Å². The predicted molar refractivity (Wildman–Crippen MR) is 90.6 cm³/mol. The van der Waals surface area contributed by atoms with Crippen LogP contribution in [-0.4, -0.2) is 43.7 Å². The Morgan fingerprint density at radius 3 is 2.43 bits per heavy atom. The van der Waals surface area contributed by atoms with Gasteiger partial charge in [-0.15, -0.1) is 6.58 Å². The van der Waals surface area contributed by atoms with Crippen LogP contribution in [0.5, 0.6) is 0 Å². The van der Waals surface area contributed by atoms with Crippen molar-refractivity contribution in [2.24, 2.45) is 0 Å². The van der Waals surface area contributed by atoms with E-state index in [1.165, 1.54) is 18.6 Å². The third-order valence-electron chi connectivity index (χ3n) is 2.46. The second-order valence-electron chi connectivity index (χ2n) is 4.47. The van der Waals surface area contributed by atoms with Gasteiger partial charge in [-0.1, -0.05) is 12.7 Å². The van der Waals surface area contributed by atoms with E-state index >= 15 is 0 Å². The van der Waals surface area contributed by atoms with Gasteiger partial charge in [-0.25, -0.2) is 4.89 Å². The molecule has 0 spiro atoms. The fraction of sp³-hybridized carbons (Fsp3) is 0.500. The molecule has 2 unspecified atom stereocenters. The first kappa shape index (κ1) is 25.7. The second-order valence-corrected chi connectivity index (χ2v) is 4.47. The van der Waals surface area contributed by atoms with Crippen molar-refractivity contribution in [3.63, 3.8) is 0 Å². The standard InChI is InChI=1S/C16H26O12/c1-5-15(23-14(4)13-19-7-3)16(12-17)20-9-11-22-25-27-28-26-24-21-10-8-18-6-2/h5,7-8,10,12,14-15,17H,1,3,6,9,11,13H2,2,4H3/b10-8-,16-12-. The zero-order chi connectivity index (χ0) is 20.9. The van der Waals surface area contributed by atoms with E-state index in [1.54, 1.807) is 13.8 Å². The van der Waals surface area contributed by atoms with Crippen LogP contribution in [0, 0.1) is 0 Å². The molecule has 0 aromatic rings. The van der Waals surface area contributed by atoms with Gasteiger partial charge in [0.25, 0.3) is 0 Å². The lowest BCUT2D eigenvalue weighted by Gasteiger charge is -2.21. The van der Waals surface area contributed by atoms with Crippen molar-refractivity contribution in [1.29, 1.82) is 0 Å². The third kappa shape index (κ3) is 14.8. The largest absolute Gasteiger partial charge is 0.512 e. The quantitative estimate of drug-likeness (QED) is 0.104. The van der Waals surface area contributed by atoms with E-state index in [4.69, 9.17) is 18.9 Å². The zero-order valence-electron chi connectivity index (χ0n) is 15.7. The molecule has 0 amide bonds. The first-order chi connectivity index (χ1) is 13.7. The number of aliphatic hydroxyl groups excluding tert-OH is 1. The maximum atomic E-state index is 9.27. The highest BCUT2D eigenvalue weighted by Gasteiger charge is 2.17. The van der Waals surface area contributed by atoms with Gasteiger partial charge in [0.15, 0.2) is 12.0 Å². The Morgan fingerprint density at radius 1 is 1.00 bits per heavy atom. The van der Waals surface area contributed by atoms with Gasteiger partial charge < -0.3 is 28.9 Å². The summed E-state index contributed by atoms with van der Waals surface area (Å²) in [4.78, 5) is 8.84. The van der Waals surface area contributed by atoms with E-state index in [1.807, 2.05) is 0 Å². The van der Waals surface area contributed by atoms with E-state index < -0.39 is 6.10 Å². The Hall–Kier alpha value is -2.32. The predicted octanol–water partition coefficient (Wildman–Crippen LogP) is 2.64. The molecule has 0 aromatic carbocycles. The van der Waals surface area contributed by atoms with Crippen molar-refractivity contribution < 1.29 is 59.0 Å². The third-order valence-corrected chi connectivity index (χ3v) is 2.46. The number of hydrogen-bond acceptors (Lipinski definition) is 12. The van der Waals surface area contributed by atoms with Crippen molar-refractivity contribution in [3.05, 3.63) is 50.0 Å². The molecule has 28 heavy (non-hydrogen) atoms. The van der Waals surface area contributed by atoms with Crippen molar-refractivity contribution in [3.8, 4) is 0 Å². The fourth-order valence-electron chi connectivity index (χ4n) is 1.40. The van der Waals surface area contributed by atoms with Gasteiger partial charge in [0.2, 0.25) is 0 Å². The first-order valence-corrected chi connectivity index (χ1v) is 8.05. The normalized spacial score (nSPS) is 13.7. The lowest BCUT2D eigenvalue weighted by atomic mass is 10.3. The average molecular weight is 410 g/mol. The highest BCUT2D eigenvalue weighted by atomic mass is 17.9. The van der Waals surface area contributed by atoms with Crippen molar-refractivity contribution in [1.82, 2.24) is 0 Å². The minimum atomic E-state index is -0.698. The topological polar surface area (TPSA) is 122 Å². The molecule has 0 saturated carbocycles. The van der Waals surface area contributed by atoms with Crippen LogP contribution in [0.1, 0.15) is 13.8 Å². The monoisotopic (exact) mass is 410 g/mol. The molecule has 0 radical (unpaired) electrons. The van der Waals surface area contributed by atoms with Gasteiger partial charge in [0, 0.05) is 15.1 Å². The van der Waals surface area contributed by atoms with Gasteiger partial charge in [-0.05, 0) is 23.9 Å². The lowest BCUT2D eigenvalue weighted by Crippen LogP contribution is -2.25. The Labute approximate surface area is 162 Å². The SMILES string of the molecule is C=COCC(C)OC(C=C)/C(=C/O)OCCOOOOOOO/C=C\OCC. The van der Waals surface area contributed by atoms with Gasteiger partial charge in [-0.3, -0.25) is 0 Å². The summed E-state index contributed by atoms with van der Waals surface area (Å²) in [6.45, 7) is 11.2. The molecular formula is C16H26O12. The van der Waals surface area contributed by atoms with E-state index in [-0.39, 0.29) is 31.7 Å². The molecule has 162 valence electrons. The van der Waals surface area contributed by atoms with Crippen LogP contribution < -0.4 is 0 Å². The van der Waals surface area contributed by atoms with E-state index in [0.717, 1.165) is 12.5 Å². The molecule has 0 aromatic heterocycles. The van der Waals surface area contributed by atoms with Crippen LogP contribution in [0.2, 0.25) is 0 Å². The molecule has 0 fully saturated rings. The molecule has 0 rings (SSSR count). The molecule has 2 atom stereocenters. The summed E-state index contributed by atoms with van der Waals surface area (Å²) in [5, 5.41) is 29.2. The minimum Gasteiger partial charge on any atom is -0.512 e.